The molecule has 0 aliphatic carbocycles. The summed E-state index contributed by atoms with van der Waals surface area (Å²) in [5, 5.41) is 30.4. The van der Waals surface area contributed by atoms with Crippen molar-refractivity contribution in [3.8, 4) is 74.2 Å². The summed E-state index contributed by atoms with van der Waals surface area (Å²) >= 11 is 0. The van der Waals surface area contributed by atoms with Gasteiger partial charge in [0, 0.05) is 32.8 Å². The molecule has 9 aromatic rings. The molecule has 0 saturated carbocycles. The van der Waals surface area contributed by atoms with Crippen molar-refractivity contribution in [2.75, 3.05) is 0 Å². The molecule has 0 amide bonds. The first-order valence-electron chi connectivity index (χ1n) is 17.8. The molecule has 0 aliphatic rings. The minimum Gasteiger partial charge on any atom is -0.247 e. The van der Waals surface area contributed by atoms with Gasteiger partial charge in [0.1, 0.15) is 11.6 Å². The van der Waals surface area contributed by atoms with Crippen LogP contribution < -0.4 is 0 Å². The number of para-hydroxylation sites is 1. The number of halogens is 4. The molecule has 0 aliphatic heterocycles. The van der Waals surface area contributed by atoms with E-state index in [1.54, 1.807) is 60.7 Å². The minimum absolute atomic E-state index is 0.157. The topological polar surface area (TPSA) is 110 Å². The highest BCUT2D eigenvalue weighted by Crippen LogP contribution is 2.44. The summed E-state index contributed by atoms with van der Waals surface area (Å²) in [7, 11) is 0. The van der Waals surface area contributed by atoms with E-state index in [-0.39, 0.29) is 5.56 Å². The van der Waals surface area contributed by atoms with Gasteiger partial charge in [0.05, 0.1) is 62.5 Å². The third-order valence-electron chi connectivity index (χ3n) is 10.1. The van der Waals surface area contributed by atoms with Crippen molar-refractivity contribution in [1.82, 2.24) is 15.0 Å². The molecule has 58 heavy (non-hydrogen) atoms. The zero-order valence-electron chi connectivity index (χ0n) is 29.9. The van der Waals surface area contributed by atoms with Crippen LogP contribution in [0.25, 0.3) is 88.7 Å². The van der Waals surface area contributed by atoms with E-state index in [2.05, 4.69) is 12.1 Å². The largest absolute Gasteiger partial charge is 0.247 e. The van der Waals surface area contributed by atoms with Gasteiger partial charge in [-0.2, -0.15) is 15.8 Å². The van der Waals surface area contributed by atoms with Crippen molar-refractivity contribution in [3.63, 3.8) is 0 Å². The molecule has 6 nitrogen and oxygen atoms in total. The number of aromatic nitrogens is 3. The lowest BCUT2D eigenvalue weighted by Crippen LogP contribution is -2.04. The second kappa shape index (κ2) is 14.1. The van der Waals surface area contributed by atoms with Crippen molar-refractivity contribution in [3.05, 3.63) is 173 Å². The van der Waals surface area contributed by atoms with Crippen LogP contribution in [0, 0.1) is 57.3 Å². The van der Waals surface area contributed by atoms with Gasteiger partial charge in [0.25, 0.3) is 0 Å². The third kappa shape index (κ3) is 5.74. The highest BCUT2D eigenvalue weighted by molar-refractivity contribution is 6.25. The second-order valence-electron chi connectivity index (χ2n) is 13.4. The number of hydrogen-bond acceptors (Lipinski definition) is 6. The van der Waals surface area contributed by atoms with Crippen LogP contribution in [0.1, 0.15) is 16.7 Å². The number of rotatable bonds is 5. The second-order valence-corrected chi connectivity index (χ2v) is 13.4. The van der Waals surface area contributed by atoms with Crippen LogP contribution in [0.2, 0.25) is 0 Å². The molecule has 2 heterocycles. The molecule has 272 valence electrons. The quantitative estimate of drug-likeness (QED) is 0.0982. The highest BCUT2D eigenvalue weighted by Gasteiger charge is 2.27. The Morgan fingerprint density at radius 1 is 0.414 bits per heavy atom. The Bertz CT molecular complexity index is 3250. The fourth-order valence-electron chi connectivity index (χ4n) is 7.30. The highest BCUT2D eigenvalue weighted by atomic mass is 19.2. The number of hydrogen-bond donors (Lipinski definition) is 0. The summed E-state index contributed by atoms with van der Waals surface area (Å²) in [6.07, 6.45) is 0. The fourth-order valence-corrected chi connectivity index (χ4v) is 7.30. The molecule has 0 bridgehead atoms. The molecular weight excluding hydrogens is 737 g/mol. The fraction of sp³-hybridized carbons (Fsp3) is 0. The lowest BCUT2D eigenvalue weighted by atomic mass is 9.90. The van der Waals surface area contributed by atoms with Crippen molar-refractivity contribution in [2.45, 2.75) is 0 Å². The molecule has 0 saturated heterocycles. The van der Waals surface area contributed by atoms with Gasteiger partial charge < -0.3 is 0 Å². The lowest BCUT2D eigenvalue weighted by molar-refractivity contribution is 0.454. The summed E-state index contributed by atoms with van der Waals surface area (Å²) in [6, 6.07) is 44.6. The Labute approximate surface area is 327 Å². The van der Waals surface area contributed by atoms with E-state index >= 15 is 8.78 Å². The van der Waals surface area contributed by atoms with Crippen LogP contribution in [-0.4, -0.2) is 15.0 Å². The standard InChI is InChI=1S/C48H22F4N6/c49-41-35(25-55)42(50)44(52)38(43(41)51)29-18-20-30(21-19-29)45-40-39(33-8-4-5-9-36(33)56-45)34(28-6-2-1-3-7-28)22-37-48(40)58-47(32-16-12-27(24-54)13-17-32)46(57-37)31-14-10-26(23-53)11-15-31/h1-22H. The summed E-state index contributed by atoms with van der Waals surface area (Å²) in [6.45, 7) is 0. The minimum atomic E-state index is -1.78. The predicted molar refractivity (Wildman–Crippen MR) is 214 cm³/mol. The molecule has 0 spiro atoms. The van der Waals surface area contributed by atoms with Gasteiger partial charge in [-0.25, -0.2) is 32.5 Å². The maximum Gasteiger partial charge on any atom is 0.180 e. The van der Waals surface area contributed by atoms with Crippen LogP contribution in [0.5, 0.6) is 0 Å². The third-order valence-corrected chi connectivity index (χ3v) is 10.1. The van der Waals surface area contributed by atoms with Crippen molar-refractivity contribution in [1.29, 1.82) is 15.8 Å². The molecular formula is C48H22F4N6. The first kappa shape index (κ1) is 35.4. The van der Waals surface area contributed by atoms with Gasteiger partial charge in [-0.05, 0) is 53.1 Å². The average molecular weight is 759 g/mol. The number of pyridine rings is 1. The summed E-state index contributed by atoms with van der Waals surface area (Å²) in [5.74, 6) is -6.92. The molecule has 9 rings (SSSR count). The number of nitrogens with zero attached hydrogens (tertiary/aromatic N) is 6. The summed E-state index contributed by atoms with van der Waals surface area (Å²) < 4.78 is 59.8. The van der Waals surface area contributed by atoms with Gasteiger partial charge in [-0.15, -0.1) is 0 Å². The SMILES string of the molecule is N#Cc1ccc(-c2nc3cc(-c4ccccc4)c4c5ccccc5nc(-c5ccc(-c6c(F)c(F)c(C#N)c(F)c6F)cc5)c4c3nc2-c2ccc(C#N)cc2)cc1. The zero-order chi connectivity index (χ0) is 40.1. The van der Waals surface area contributed by atoms with E-state index in [1.807, 2.05) is 60.7 Å². The van der Waals surface area contributed by atoms with Gasteiger partial charge in [-0.3, -0.25) is 0 Å². The molecule has 0 fully saturated rings. The molecule has 0 radical (unpaired) electrons. The summed E-state index contributed by atoms with van der Waals surface area (Å²) in [5.41, 5.74) is 5.24. The van der Waals surface area contributed by atoms with E-state index in [0.717, 1.165) is 21.9 Å². The van der Waals surface area contributed by atoms with E-state index in [9.17, 15) is 19.3 Å². The first-order chi connectivity index (χ1) is 28.3. The van der Waals surface area contributed by atoms with Gasteiger partial charge >= 0.3 is 0 Å². The number of benzene rings is 7. The normalized spacial score (nSPS) is 11.1. The molecule has 0 N–H and O–H groups in total. The Balaban J connectivity index is 1.39. The Morgan fingerprint density at radius 3 is 1.50 bits per heavy atom. The van der Waals surface area contributed by atoms with Crippen LogP contribution in [-0.2, 0) is 0 Å². The van der Waals surface area contributed by atoms with E-state index < -0.39 is 34.4 Å². The summed E-state index contributed by atoms with van der Waals surface area (Å²) in [4.78, 5) is 15.7. The van der Waals surface area contributed by atoms with Crippen molar-refractivity contribution < 1.29 is 17.6 Å². The van der Waals surface area contributed by atoms with Gasteiger partial charge in [0.2, 0.25) is 0 Å². The monoisotopic (exact) mass is 758 g/mol. The molecule has 0 unspecified atom stereocenters. The van der Waals surface area contributed by atoms with Crippen LogP contribution in [0.15, 0.2) is 133 Å². The van der Waals surface area contributed by atoms with Crippen LogP contribution in [0.4, 0.5) is 17.6 Å². The van der Waals surface area contributed by atoms with Crippen molar-refractivity contribution in [2.24, 2.45) is 0 Å². The molecule has 10 heteroatoms. The van der Waals surface area contributed by atoms with Crippen molar-refractivity contribution >= 4 is 32.7 Å². The first-order valence-corrected chi connectivity index (χ1v) is 17.8. The molecule has 2 aromatic heterocycles. The zero-order valence-corrected chi connectivity index (χ0v) is 29.9. The number of fused-ring (bicyclic) bond motifs is 5. The van der Waals surface area contributed by atoms with Gasteiger partial charge in [-0.1, -0.05) is 97.1 Å². The molecule has 7 aromatic carbocycles. The number of nitriles is 3. The maximum absolute atomic E-state index is 15.2. The smallest absolute Gasteiger partial charge is 0.180 e. The average Bonchev–Trinajstić information content (AvgIpc) is 3.28. The van der Waals surface area contributed by atoms with E-state index in [1.165, 1.54) is 18.2 Å². The Morgan fingerprint density at radius 2 is 0.914 bits per heavy atom. The Hall–Kier alpha value is -8.26. The van der Waals surface area contributed by atoms with Crippen LogP contribution in [0.3, 0.4) is 0 Å². The predicted octanol–water partition coefficient (Wildman–Crippen LogP) is 11.8. The molecule has 0 atom stereocenters. The Kier molecular flexibility index (Phi) is 8.62. The van der Waals surface area contributed by atoms with E-state index in [4.69, 9.17) is 20.2 Å². The van der Waals surface area contributed by atoms with E-state index in [0.29, 0.717) is 66.8 Å². The van der Waals surface area contributed by atoms with Gasteiger partial charge in [0.15, 0.2) is 23.3 Å². The lowest BCUT2D eigenvalue weighted by Gasteiger charge is -2.18. The van der Waals surface area contributed by atoms with Crippen LogP contribution >= 0.6 is 0 Å². The maximum atomic E-state index is 15.2.